The maximum Gasteiger partial charge on any atom is 0.0897 e. The van der Waals surface area contributed by atoms with E-state index in [0.29, 0.717) is 6.04 Å². The Morgan fingerprint density at radius 1 is 1.14 bits per heavy atom. The number of aryl methyl sites for hydroxylation is 1. The third kappa shape index (κ3) is 3.31. The summed E-state index contributed by atoms with van der Waals surface area (Å²) in [5.41, 5.74) is 1.37. The topological polar surface area (TPSA) is 24.9 Å². The molecule has 3 rings (SSSR count). The SMILES string of the molecule is CCNC(Cc1ccc2ccccc2c1)c1cnc(C)s1. The van der Waals surface area contributed by atoms with Gasteiger partial charge in [0.15, 0.2) is 0 Å². The van der Waals surface area contributed by atoms with Gasteiger partial charge in [0.25, 0.3) is 0 Å². The fraction of sp³-hybridized carbons (Fsp3) is 0.278. The van der Waals surface area contributed by atoms with E-state index in [9.17, 15) is 0 Å². The summed E-state index contributed by atoms with van der Waals surface area (Å²) in [5, 5.41) is 7.32. The average Bonchev–Trinajstić information content (AvgIpc) is 2.93. The van der Waals surface area contributed by atoms with Crippen LogP contribution in [0.5, 0.6) is 0 Å². The van der Waals surface area contributed by atoms with Gasteiger partial charge in [0.05, 0.1) is 5.01 Å². The molecule has 21 heavy (non-hydrogen) atoms. The molecule has 2 aromatic carbocycles. The number of likely N-dealkylation sites (N-methyl/N-ethyl adjacent to an activating group) is 1. The molecule has 0 radical (unpaired) electrons. The number of aromatic nitrogens is 1. The predicted octanol–water partition coefficient (Wildman–Crippen LogP) is 4.50. The summed E-state index contributed by atoms with van der Waals surface area (Å²) in [4.78, 5) is 5.71. The van der Waals surface area contributed by atoms with Gasteiger partial charge in [0.1, 0.15) is 0 Å². The third-order valence-corrected chi connectivity index (χ3v) is 4.71. The van der Waals surface area contributed by atoms with Crippen LogP contribution in [0.15, 0.2) is 48.7 Å². The molecule has 1 unspecified atom stereocenters. The van der Waals surface area contributed by atoms with Gasteiger partial charge in [-0.2, -0.15) is 0 Å². The highest BCUT2D eigenvalue weighted by atomic mass is 32.1. The maximum atomic E-state index is 4.39. The second-order valence-electron chi connectivity index (χ2n) is 5.28. The van der Waals surface area contributed by atoms with Crippen LogP contribution in [-0.2, 0) is 6.42 Å². The molecule has 0 aliphatic rings. The molecule has 0 saturated carbocycles. The van der Waals surface area contributed by atoms with Crippen LogP contribution >= 0.6 is 11.3 Å². The van der Waals surface area contributed by atoms with Crippen LogP contribution in [0.2, 0.25) is 0 Å². The van der Waals surface area contributed by atoms with Gasteiger partial charge >= 0.3 is 0 Å². The number of fused-ring (bicyclic) bond motifs is 1. The summed E-state index contributed by atoms with van der Waals surface area (Å²) < 4.78 is 0. The molecule has 3 heteroatoms. The smallest absolute Gasteiger partial charge is 0.0897 e. The Kier molecular flexibility index (Phi) is 4.32. The molecule has 108 valence electrons. The van der Waals surface area contributed by atoms with Crippen molar-refractivity contribution in [3.8, 4) is 0 Å². The Labute approximate surface area is 129 Å². The van der Waals surface area contributed by atoms with Crippen LogP contribution in [0, 0.1) is 6.92 Å². The first-order valence-corrected chi connectivity index (χ1v) is 8.21. The molecule has 0 amide bonds. The van der Waals surface area contributed by atoms with Crippen molar-refractivity contribution >= 4 is 22.1 Å². The highest BCUT2D eigenvalue weighted by Gasteiger charge is 2.14. The Morgan fingerprint density at radius 2 is 1.95 bits per heavy atom. The Hall–Kier alpha value is -1.71. The first-order chi connectivity index (χ1) is 10.3. The van der Waals surface area contributed by atoms with Crippen molar-refractivity contribution < 1.29 is 0 Å². The molecule has 1 aromatic heterocycles. The fourth-order valence-electron chi connectivity index (χ4n) is 2.66. The normalized spacial score (nSPS) is 12.7. The zero-order chi connectivity index (χ0) is 14.7. The molecule has 0 saturated heterocycles. The number of thiazole rings is 1. The lowest BCUT2D eigenvalue weighted by atomic mass is 10.0. The van der Waals surface area contributed by atoms with E-state index in [1.165, 1.54) is 21.2 Å². The van der Waals surface area contributed by atoms with Crippen molar-refractivity contribution in [3.63, 3.8) is 0 Å². The minimum atomic E-state index is 0.349. The van der Waals surface area contributed by atoms with E-state index in [2.05, 4.69) is 66.6 Å². The van der Waals surface area contributed by atoms with E-state index in [4.69, 9.17) is 0 Å². The van der Waals surface area contributed by atoms with Crippen molar-refractivity contribution in [3.05, 3.63) is 64.1 Å². The van der Waals surface area contributed by atoms with Gasteiger partial charge in [-0.3, -0.25) is 0 Å². The monoisotopic (exact) mass is 296 g/mol. The summed E-state index contributed by atoms with van der Waals surface area (Å²) in [6, 6.07) is 15.6. The van der Waals surface area contributed by atoms with E-state index in [0.717, 1.165) is 18.0 Å². The molecule has 0 aliphatic carbocycles. The minimum Gasteiger partial charge on any atom is -0.309 e. The predicted molar refractivity (Wildman–Crippen MR) is 90.9 cm³/mol. The van der Waals surface area contributed by atoms with Gasteiger partial charge in [0, 0.05) is 17.1 Å². The highest BCUT2D eigenvalue weighted by Crippen LogP contribution is 2.25. The van der Waals surface area contributed by atoms with E-state index in [1.807, 2.05) is 6.20 Å². The largest absolute Gasteiger partial charge is 0.309 e. The van der Waals surface area contributed by atoms with Crippen molar-refractivity contribution in [2.24, 2.45) is 0 Å². The van der Waals surface area contributed by atoms with Crippen LogP contribution in [0.1, 0.15) is 28.4 Å². The van der Waals surface area contributed by atoms with Crippen molar-refractivity contribution in [2.45, 2.75) is 26.3 Å². The van der Waals surface area contributed by atoms with E-state index in [1.54, 1.807) is 11.3 Å². The average molecular weight is 296 g/mol. The van der Waals surface area contributed by atoms with E-state index >= 15 is 0 Å². The first-order valence-electron chi connectivity index (χ1n) is 7.39. The molecule has 0 fully saturated rings. The second kappa shape index (κ2) is 6.37. The van der Waals surface area contributed by atoms with Gasteiger partial charge in [-0.25, -0.2) is 4.98 Å². The van der Waals surface area contributed by atoms with Crippen LogP contribution in [0.3, 0.4) is 0 Å². The number of nitrogens with one attached hydrogen (secondary N) is 1. The molecular weight excluding hydrogens is 276 g/mol. The van der Waals surface area contributed by atoms with Gasteiger partial charge in [-0.05, 0) is 36.2 Å². The van der Waals surface area contributed by atoms with Crippen molar-refractivity contribution in [2.75, 3.05) is 6.54 Å². The Morgan fingerprint density at radius 3 is 2.67 bits per heavy atom. The molecule has 3 aromatic rings. The van der Waals surface area contributed by atoms with Crippen LogP contribution in [0.25, 0.3) is 10.8 Å². The molecule has 0 spiro atoms. The van der Waals surface area contributed by atoms with Gasteiger partial charge < -0.3 is 5.32 Å². The lowest BCUT2D eigenvalue weighted by molar-refractivity contribution is 0.557. The summed E-state index contributed by atoms with van der Waals surface area (Å²) in [5.74, 6) is 0. The van der Waals surface area contributed by atoms with Crippen molar-refractivity contribution in [1.29, 1.82) is 0 Å². The standard InChI is InChI=1S/C18H20N2S/c1-3-19-17(18-12-20-13(2)21-18)11-14-8-9-15-6-4-5-7-16(15)10-14/h4-10,12,17,19H,3,11H2,1-2H3. The fourth-order valence-corrected chi connectivity index (χ4v) is 3.52. The van der Waals surface area contributed by atoms with Crippen LogP contribution in [0.4, 0.5) is 0 Å². The van der Waals surface area contributed by atoms with Crippen molar-refractivity contribution in [1.82, 2.24) is 10.3 Å². The number of rotatable bonds is 5. The first kappa shape index (κ1) is 14.2. The summed E-state index contributed by atoms with van der Waals surface area (Å²) in [7, 11) is 0. The Balaban J connectivity index is 1.86. The van der Waals surface area contributed by atoms with E-state index in [-0.39, 0.29) is 0 Å². The molecule has 0 bridgehead atoms. The van der Waals surface area contributed by atoms with E-state index < -0.39 is 0 Å². The quantitative estimate of drug-likeness (QED) is 0.750. The lowest BCUT2D eigenvalue weighted by Crippen LogP contribution is -2.22. The van der Waals surface area contributed by atoms with Crippen LogP contribution < -0.4 is 5.32 Å². The lowest BCUT2D eigenvalue weighted by Gasteiger charge is -2.16. The summed E-state index contributed by atoms with van der Waals surface area (Å²) in [6.45, 7) is 5.18. The summed E-state index contributed by atoms with van der Waals surface area (Å²) >= 11 is 1.79. The highest BCUT2D eigenvalue weighted by molar-refractivity contribution is 7.11. The molecular formula is C18H20N2S. The minimum absolute atomic E-state index is 0.349. The van der Waals surface area contributed by atoms with Gasteiger partial charge in [-0.15, -0.1) is 11.3 Å². The number of benzene rings is 2. The third-order valence-electron chi connectivity index (χ3n) is 3.69. The zero-order valence-electron chi connectivity index (χ0n) is 12.5. The number of nitrogens with zero attached hydrogens (tertiary/aromatic N) is 1. The molecule has 2 nitrogen and oxygen atoms in total. The van der Waals surface area contributed by atoms with Crippen LogP contribution in [-0.4, -0.2) is 11.5 Å². The number of hydrogen-bond donors (Lipinski definition) is 1. The number of hydrogen-bond acceptors (Lipinski definition) is 3. The molecule has 0 aliphatic heterocycles. The van der Waals surface area contributed by atoms with Gasteiger partial charge in [-0.1, -0.05) is 49.4 Å². The Bertz CT molecular complexity index is 733. The maximum absolute atomic E-state index is 4.39. The van der Waals surface area contributed by atoms with Gasteiger partial charge in [0.2, 0.25) is 0 Å². The molecule has 1 atom stereocenters. The molecule has 1 heterocycles. The summed E-state index contributed by atoms with van der Waals surface area (Å²) in [6.07, 6.45) is 3.01. The zero-order valence-corrected chi connectivity index (χ0v) is 13.3. The second-order valence-corrected chi connectivity index (χ2v) is 6.54. The molecule has 1 N–H and O–H groups in total.